The number of nitrogen functional groups attached to an aromatic ring is 1. The van der Waals surface area contributed by atoms with Crippen LogP contribution < -0.4 is 16.6 Å². The van der Waals surface area contributed by atoms with Crippen LogP contribution in [-0.2, 0) is 0 Å². The molecule has 6 heteroatoms. The van der Waals surface area contributed by atoms with Crippen molar-refractivity contribution in [2.75, 3.05) is 17.4 Å². The minimum Gasteiger partial charge on any atom is -0.347 e. The highest BCUT2D eigenvalue weighted by molar-refractivity contribution is 7.98. The molecule has 0 saturated carbocycles. The number of amides is 1. The van der Waals surface area contributed by atoms with Gasteiger partial charge in [0.2, 0.25) is 0 Å². The minimum absolute atomic E-state index is 0.136. The van der Waals surface area contributed by atoms with E-state index >= 15 is 0 Å². The predicted molar refractivity (Wildman–Crippen MR) is 67.4 cm³/mol. The second-order valence-corrected chi connectivity index (χ2v) is 4.32. The monoisotopic (exact) mass is 240 g/mol. The zero-order chi connectivity index (χ0) is 12.0. The zero-order valence-electron chi connectivity index (χ0n) is 9.36. The van der Waals surface area contributed by atoms with Crippen LogP contribution in [0.15, 0.2) is 18.3 Å². The van der Waals surface area contributed by atoms with Gasteiger partial charge in [-0.25, -0.2) is 4.98 Å². The second kappa shape index (κ2) is 6.34. The molecule has 1 heterocycles. The number of nitrogens with zero attached hydrogens (tertiary/aromatic N) is 1. The largest absolute Gasteiger partial charge is 0.347 e. The van der Waals surface area contributed by atoms with Crippen LogP contribution in [0.1, 0.15) is 17.4 Å². The Morgan fingerprint density at radius 2 is 2.38 bits per heavy atom. The molecule has 88 valence electrons. The average Bonchev–Trinajstić information content (AvgIpc) is 2.29. The van der Waals surface area contributed by atoms with Crippen LogP contribution in [0.5, 0.6) is 0 Å². The summed E-state index contributed by atoms with van der Waals surface area (Å²) in [6.45, 7) is 1.96. The van der Waals surface area contributed by atoms with E-state index in [1.54, 1.807) is 23.9 Å². The minimum atomic E-state index is -0.162. The van der Waals surface area contributed by atoms with Gasteiger partial charge in [-0.3, -0.25) is 10.6 Å². The molecular weight excluding hydrogens is 224 g/mol. The third-order valence-electron chi connectivity index (χ3n) is 1.96. The van der Waals surface area contributed by atoms with E-state index in [1.807, 2.05) is 13.2 Å². The molecule has 0 aliphatic carbocycles. The van der Waals surface area contributed by atoms with Crippen molar-refractivity contribution in [2.45, 2.75) is 13.0 Å². The summed E-state index contributed by atoms with van der Waals surface area (Å²) in [5, 5.41) is 2.86. The average molecular weight is 240 g/mol. The van der Waals surface area contributed by atoms with Crippen LogP contribution in [0.4, 0.5) is 5.69 Å². The van der Waals surface area contributed by atoms with E-state index in [2.05, 4.69) is 15.7 Å². The maximum Gasteiger partial charge on any atom is 0.270 e. The molecule has 0 fully saturated rings. The summed E-state index contributed by atoms with van der Waals surface area (Å²) >= 11 is 1.69. The fourth-order valence-corrected chi connectivity index (χ4v) is 1.79. The Bertz CT molecular complexity index is 341. The fraction of sp³-hybridized carbons (Fsp3) is 0.400. The maximum atomic E-state index is 11.7. The molecule has 1 atom stereocenters. The number of carbonyl (C=O) groups excluding carboxylic acids is 1. The Morgan fingerprint density at radius 1 is 1.62 bits per heavy atom. The van der Waals surface area contributed by atoms with Crippen molar-refractivity contribution in [2.24, 2.45) is 5.84 Å². The highest BCUT2D eigenvalue weighted by Crippen LogP contribution is 2.04. The molecule has 0 radical (unpaired) electrons. The summed E-state index contributed by atoms with van der Waals surface area (Å²) in [6, 6.07) is 3.48. The first-order chi connectivity index (χ1) is 7.67. The summed E-state index contributed by atoms with van der Waals surface area (Å²) in [7, 11) is 0. The smallest absolute Gasteiger partial charge is 0.270 e. The standard InChI is InChI=1S/C10H16N4OS/c1-7(6-16-2)13-10(15)9-4-3-8(14-11)5-12-9/h3-5,7,14H,6,11H2,1-2H3,(H,13,15). The molecular formula is C10H16N4OS. The number of pyridine rings is 1. The number of thioether (sulfide) groups is 1. The van der Waals surface area contributed by atoms with Crippen molar-refractivity contribution in [3.8, 4) is 0 Å². The summed E-state index contributed by atoms with van der Waals surface area (Å²) in [6.07, 6.45) is 3.52. The number of anilines is 1. The van der Waals surface area contributed by atoms with Crippen LogP contribution in [-0.4, -0.2) is 28.9 Å². The molecule has 1 aromatic rings. The van der Waals surface area contributed by atoms with Crippen molar-refractivity contribution in [1.82, 2.24) is 10.3 Å². The molecule has 1 unspecified atom stereocenters. The van der Waals surface area contributed by atoms with Crippen LogP contribution >= 0.6 is 11.8 Å². The van der Waals surface area contributed by atoms with E-state index < -0.39 is 0 Å². The quantitative estimate of drug-likeness (QED) is 0.525. The van der Waals surface area contributed by atoms with Gasteiger partial charge in [0.15, 0.2) is 0 Å². The molecule has 0 aromatic carbocycles. The van der Waals surface area contributed by atoms with Crippen molar-refractivity contribution >= 4 is 23.4 Å². The SMILES string of the molecule is CSCC(C)NC(=O)c1ccc(NN)cn1. The molecule has 1 rings (SSSR count). The first-order valence-electron chi connectivity index (χ1n) is 4.90. The Morgan fingerprint density at radius 3 is 2.88 bits per heavy atom. The lowest BCUT2D eigenvalue weighted by molar-refractivity contribution is 0.0939. The highest BCUT2D eigenvalue weighted by Gasteiger charge is 2.10. The zero-order valence-corrected chi connectivity index (χ0v) is 10.2. The normalized spacial score (nSPS) is 11.9. The molecule has 0 aliphatic rings. The summed E-state index contributed by atoms with van der Waals surface area (Å²) in [5.74, 6) is 5.92. The Kier molecular flexibility index (Phi) is 5.07. The van der Waals surface area contributed by atoms with Gasteiger partial charge in [-0.15, -0.1) is 0 Å². The summed E-state index contributed by atoms with van der Waals surface area (Å²) in [4.78, 5) is 15.7. The lowest BCUT2D eigenvalue weighted by atomic mass is 10.3. The lowest BCUT2D eigenvalue weighted by Crippen LogP contribution is -2.34. The fourth-order valence-electron chi connectivity index (χ4n) is 1.20. The molecule has 16 heavy (non-hydrogen) atoms. The highest BCUT2D eigenvalue weighted by atomic mass is 32.2. The van der Waals surface area contributed by atoms with Gasteiger partial charge in [0.25, 0.3) is 5.91 Å². The van der Waals surface area contributed by atoms with Gasteiger partial charge in [-0.05, 0) is 25.3 Å². The van der Waals surface area contributed by atoms with Gasteiger partial charge in [0.05, 0.1) is 11.9 Å². The number of carbonyl (C=O) groups is 1. The van der Waals surface area contributed by atoms with Crippen molar-refractivity contribution < 1.29 is 4.79 Å². The van der Waals surface area contributed by atoms with E-state index in [1.165, 1.54) is 6.20 Å². The van der Waals surface area contributed by atoms with Crippen LogP contribution in [0.3, 0.4) is 0 Å². The van der Waals surface area contributed by atoms with Gasteiger partial charge in [0, 0.05) is 11.8 Å². The topological polar surface area (TPSA) is 80.0 Å². The molecule has 5 nitrogen and oxygen atoms in total. The number of hydrogen-bond acceptors (Lipinski definition) is 5. The molecule has 0 aliphatic heterocycles. The van der Waals surface area contributed by atoms with Gasteiger partial charge in [-0.1, -0.05) is 0 Å². The summed E-state index contributed by atoms with van der Waals surface area (Å²) in [5.41, 5.74) is 3.53. The van der Waals surface area contributed by atoms with Crippen LogP contribution in [0, 0.1) is 0 Å². The van der Waals surface area contributed by atoms with Crippen molar-refractivity contribution in [1.29, 1.82) is 0 Å². The van der Waals surface area contributed by atoms with E-state index in [4.69, 9.17) is 5.84 Å². The third kappa shape index (κ3) is 3.71. The molecule has 4 N–H and O–H groups in total. The number of rotatable bonds is 5. The van der Waals surface area contributed by atoms with Crippen molar-refractivity contribution in [3.05, 3.63) is 24.0 Å². The van der Waals surface area contributed by atoms with Gasteiger partial charge >= 0.3 is 0 Å². The third-order valence-corrected chi connectivity index (χ3v) is 2.79. The van der Waals surface area contributed by atoms with Crippen LogP contribution in [0.2, 0.25) is 0 Å². The first-order valence-corrected chi connectivity index (χ1v) is 6.29. The first kappa shape index (κ1) is 12.8. The number of hydrazine groups is 1. The lowest BCUT2D eigenvalue weighted by Gasteiger charge is -2.11. The van der Waals surface area contributed by atoms with Gasteiger partial charge in [0.1, 0.15) is 5.69 Å². The van der Waals surface area contributed by atoms with E-state index in [-0.39, 0.29) is 11.9 Å². The van der Waals surface area contributed by atoms with E-state index in [9.17, 15) is 4.79 Å². The van der Waals surface area contributed by atoms with Gasteiger partial charge in [-0.2, -0.15) is 11.8 Å². The number of nitrogens with two attached hydrogens (primary N) is 1. The number of hydrogen-bond donors (Lipinski definition) is 3. The van der Waals surface area contributed by atoms with Gasteiger partial charge < -0.3 is 10.7 Å². The molecule has 1 amide bonds. The van der Waals surface area contributed by atoms with Crippen LogP contribution in [0.25, 0.3) is 0 Å². The maximum absolute atomic E-state index is 11.7. The van der Waals surface area contributed by atoms with E-state index in [0.717, 1.165) is 5.75 Å². The Balaban J connectivity index is 2.59. The molecule has 0 saturated heterocycles. The number of aromatic nitrogens is 1. The molecule has 0 bridgehead atoms. The predicted octanol–water partition coefficient (Wildman–Crippen LogP) is 0.849. The van der Waals surface area contributed by atoms with Crippen molar-refractivity contribution in [3.63, 3.8) is 0 Å². The molecule has 0 spiro atoms. The Labute approximate surface area is 99.2 Å². The number of nitrogens with one attached hydrogen (secondary N) is 2. The van der Waals surface area contributed by atoms with E-state index in [0.29, 0.717) is 11.4 Å². The summed E-state index contributed by atoms with van der Waals surface area (Å²) < 4.78 is 0. The Hall–Kier alpha value is -1.27. The molecule has 1 aromatic heterocycles. The second-order valence-electron chi connectivity index (χ2n) is 3.41.